The van der Waals surface area contributed by atoms with Crippen LogP contribution in [0.3, 0.4) is 0 Å². The number of piperidine rings is 1. The van der Waals surface area contributed by atoms with Crippen LogP contribution >= 0.6 is 11.3 Å². The maximum atomic E-state index is 13.7. The highest BCUT2D eigenvalue weighted by molar-refractivity contribution is 7.15. The summed E-state index contributed by atoms with van der Waals surface area (Å²) in [5, 5.41) is 20.3. The number of anilines is 1. The maximum Gasteiger partial charge on any atom is 0.225 e. The molecule has 4 aliphatic rings. The van der Waals surface area contributed by atoms with E-state index in [1.165, 1.54) is 49.5 Å². The molecule has 1 N–H and O–H groups in total. The molecule has 2 saturated heterocycles. The van der Waals surface area contributed by atoms with Gasteiger partial charge in [-0.05, 0) is 117 Å². The van der Waals surface area contributed by atoms with Crippen molar-refractivity contribution >= 4 is 28.6 Å². The summed E-state index contributed by atoms with van der Waals surface area (Å²) in [4.78, 5) is 24.8. The Labute approximate surface area is 344 Å². The second-order valence-corrected chi connectivity index (χ2v) is 18.1. The molecule has 3 atom stereocenters. The Morgan fingerprint density at radius 2 is 1.53 bits per heavy atom. The van der Waals surface area contributed by atoms with Crippen molar-refractivity contribution in [1.82, 2.24) is 19.7 Å². The number of aliphatic imine (C=N–C) groups is 1. The predicted octanol–water partition coefficient (Wildman–Crippen LogP) is 9.58. The standard InChI is InChI=1S/C49H50N6O2S/c1-29-31(3)58-49-44(29)46(50-30(2)47-52-51-32(4)55(47)49)36-14-17-40(18-15-36)53-24-22-37(23-25-53)48(57)54-27-39(28-54)33-10-12-35(13-11-33)45-42(34-8-6-5-7-9-34)20-16-38-26-41(56)19-21-43(38)45/h5-15,17-19,21,26,30,37,39,42,45,56H,16,20,22-25,27-28H2,1-4H3/t30-,42+,45-/m0/s1. The van der Waals surface area contributed by atoms with Crippen molar-refractivity contribution in [2.75, 3.05) is 31.1 Å². The summed E-state index contributed by atoms with van der Waals surface area (Å²) in [6.45, 7) is 11.8. The van der Waals surface area contributed by atoms with Gasteiger partial charge in [-0.1, -0.05) is 72.8 Å². The van der Waals surface area contributed by atoms with Crippen molar-refractivity contribution in [2.45, 2.75) is 77.2 Å². The Morgan fingerprint density at radius 3 is 2.28 bits per heavy atom. The van der Waals surface area contributed by atoms with Crippen molar-refractivity contribution in [1.29, 1.82) is 0 Å². The summed E-state index contributed by atoms with van der Waals surface area (Å²) >= 11 is 1.79. The molecule has 4 aromatic carbocycles. The highest BCUT2D eigenvalue weighted by Crippen LogP contribution is 2.47. The lowest BCUT2D eigenvalue weighted by Crippen LogP contribution is -2.52. The summed E-state index contributed by atoms with van der Waals surface area (Å²) in [6.07, 6.45) is 3.77. The number of hydrogen-bond acceptors (Lipinski definition) is 7. The first-order valence-electron chi connectivity index (χ1n) is 20.9. The Morgan fingerprint density at radius 1 is 0.810 bits per heavy atom. The van der Waals surface area contributed by atoms with Crippen LogP contribution in [0.4, 0.5) is 5.69 Å². The third-order valence-electron chi connectivity index (χ3n) is 13.5. The number of likely N-dealkylation sites (tertiary alicyclic amines) is 1. The third-order valence-corrected chi connectivity index (χ3v) is 14.7. The van der Waals surface area contributed by atoms with Crippen LogP contribution in [-0.4, -0.2) is 62.6 Å². The largest absolute Gasteiger partial charge is 0.508 e. The van der Waals surface area contributed by atoms with Crippen LogP contribution in [-0.2, 0) is 11.2 Å². The van der Waals surface area contributed by atoms with Crippen molar-refractivity contribution in [3.8, 4) is 10.8 Å². The molecule has 1 aliphatic carbocycles. The number of thiophene rings is 1. The van der Waals surface area contributed by atoms with E-state index < -0.39 is 0 Å². The molecule has 0 spiro atoms. The molecule has 6 aromatic rings. The van der Waals surface area contributed by atoms with Crippen LogP contribution in [0.15, 0.2) is 102 Å². The molecule has 0 saturated carbocycles. The molecule has 294 valence electrons. The number of aryl methyl sites for hydroxylation is 3. The van der Waals surface area contributed by atoms with Gasteiger partial charge in [-0.15, -0.1) is 21.5 Å². The molecule has 8 nitrogen and oxygen atoms in total. The Bertz CT molecular complexity index is 2520. The molecule has 2 aromatic heterocycles. The van der Waals surface area contributed by atoms with E-state index in [4.69, 9.17) is 4.99 Å². The first kappa shape index (κ1) is 36.8. The molecule has 10 rings (SSSR count). The van der Waals surface area contributed by atoms with Gasteiger partial charge in [-0.3, -0.25) is 14.4 Å². The first-order chi connectivity index (χ1) is 28.2. The lowest BCUT2D eigenvalue weighted by molar-refractivity contribution is -0.140. The summed E-state index contributed by atoms with van der Waals surface area (Å²) in [7, 11) is 0. The molecule has 58 heavy (non-hydrogen) atoms. The molecule has 9 heteroatoms. The van der Waals surface area contributed by atoms with E-state index >= 15 is 0 Å². The highest BCUT2D eigenvalue weighted by atomic mass is 32.1. The normalized spacial score (nSPS) is 20.8. The summed E-state index contributed by atoms with van der Waals surface area (Å²) in [5.74, 6) is 3.50. The van der Waals surface area contributed by atoms with Crippen LogP contribution in [0.25, 0.3) is 5.00 Å². The minimum Gasteiger partial charge on any atom is -0.508 e. The number of carbonyl (C=O) groups excluding carboxylic acids is 1. The molecule has 3 aliphatic heterocycles. The maximum absolute atomic E-state index is 13.7. The molecule has 0 bridgehead atoms. The average Bonchev–Trinajstić information content (AvgIpc) is 3.72. The lowest BCUT2D eigenvalue weighted by atomic mass is 9.69. The fraction of sp³-hybridized carbons (Fsp3) is 0.347. The van der Waals surface area contributed by atoms with Crippen LogP contribution in [0.2, 0.25) is 0 Å². The topological polar surface area (TPSA) is 86.8 Å². The molecule has 0 radical (unpaired) electrons. The van der Waals surface area contributed by atoms with Gasteiger partial charge in [0.05, 0.1) is 5.71 Å². The number of amides is 1. The third kappa shape index (κ3) is 6.35. The van der Waals surface area contributed by atoms with Gasteiger partial charge in [0.1, 0.15) is 22.6 Å². The van der Waals surface area contributed by atoms with E-state index in [0.717, 1.165) is 79.8 Å². The highest BCUT2D eigenvalue weighted by Gasteiger charge is 2.38. The number of benzene rings is 4. The lowest BCUT2D eigenvalue weighted by Gasteiger charge is -2.43. The number of rotatable bonds is 6. The first-order valence-corrected chi connectivity index (χ1v) is 21.7. The van der Waals surface area contributed by atoms with E-state index in [9.17, 15) is 9.90 Å². The van der Waals surface area contributed by atoms with Gasteiger partial charge in [0.25, 0.3) is 0 Å². The van der Waals surface area contributed by atoms with Gasteiger partial charge in [-0.25, -0.2) is 0 Å². The van der Waals surface area contributed by atoms with E-state index in [1.807, 2.05) is 19.1 Å². The van der Waals surface area contributed by atoms with E-state index in [1.54, 1.807) is 11.3 Å². The molecule has 2 fully saturated rings. The van der Waals surface area contributed by atoms with Crippen LogP contribution in [0.5, 0.6) is 5.75 Å². The van der Waals surface area contributed by atoms with Crippen molar-refractivity contribution in [3.05, 3.63) is 158 Å². The number of aromatic nitrogens is 3. The SMILES string of the molecule is Cc1sc2c(c1C)C(c1ccc(N3CCC(C(=O)N4CC(c5ccc([C@@H]6c7ccc(O)cc7CC[C@@H]6c6ccccc6)cc5)C4)CC3)cc1)=N[C@@H](C)c1nnc(C)n1-2. The van der Waals surface area contributed by atoms with E-state index in [0.29, 0.717) is 23.5 Å². The van der Waals surface area contributed by atoms with Gasteiger partial charge >= 0.3 is 0 Å². The number of hydrogen-bond donors (Lipinski definition) is 1. The van der Waals surface area contributed by atoms with Crippen LogP contribution in [0.1, 0.15) is 111 Å². The zero-order valence-electron chi connectivity index (χ0n) is 33.7. The van der Waals surface area contributed by atoms with Crippen molar-refractivity contribution in [2.24, 2.45) is 10.9 Å². The summed E-state index contributed by atoms with van der Waals surface area (Å²) < 4.78 is 2.19. The van der Waals surface area contributed by atoms with Crippen molar-refractivity contribution in [3.63, 3.8) is 0 Å². The fourth-order valence-corrected chi connectivity index (χ4v) is 11.3. The number of fused-ring (bicyclic) bond motifs is 4. The van der Waals surface area contributed by atoms with Gasteiger partial charge < -0.3 is 14.9 Å². The fourth-order valence-electron chi connectivity index (χ4n) is 10.1. The molecule has 1 amide bonds. The molecule has 5 heterocycles. The van der Waals surface area contributed by atoms with Gasteiger partial charge in [0.15, 0.2) is 5.82 Å². The Balaban J connectivity index is 0.772. The smallest absolute Gasteiger partial charge is 0.225 e. The molecule has 0 unspecified atom stereocenters. The molecular weight excluding hydrogens is 737 g/mol. The summed E-state index contributed by atoms with van der Waals surface area (Å²) in [6, 6.07) is 34.7. The number of aromatic hydroxyl groups is 1. The van der Waals surface area contributed by atoms with Gasteiger partial charge in [0.2, 0.25) is 5.91 Å². The zero-order chi connectivity index (χ0) is 39.7. The number of phenols is 1. The molecular formula is C49H50N6O2S. The van der Waals surface area contributed by atoms with Crippen LogP contribution < -0.4 is 4.90 Å². The quantitative estimate of drug-likeness (QED) is 0.182. The second-order valence-electron chi connectivity index (χ2n) is 16.9. The number of carbonyl (C=O) groups is 1. The van der Waals surface area contributed by atoms with E-state index in [-0.39, 0.29) is 17.9 Å². The van der Waals surface area contributed by atoms with Gasteiger partial charge in [0, 0.05) is 65.6 Å². The number of nitrogens with zero attached hydrogens (tertiary/aromatic N) is 6. The Kier molecular flexibility index (Phi) is 9.31. The minimum atomic E-state index is -0.107. The average molecular weight is 787 g/mol. The minimum absolute atomic E-state index is 0.0778. The van der Waals surface area contributed by atoms with Gasteiger partial charge in [-0.2, -0.15) is 0 Å². The van der Waals surface area contributed by atoms with Crippen LogP contribution in [0, 0.1) is 26.7 Å². The Hall–Kier alpha value is -5.54. The monoisotopic (exact) mass is 786 g/mol. The summed E-state index contributed by atoms with van der Waals surface area (Å²) in [5.41, 5.74) is 12.3. The predicted molar refractivity (Wildman–Crippen MR) is 232 cm³/mol. The van der Waals surface area contributed by atoms with Crippen molar-refractivity contribution < 1.29 is 9.90 Å². The second kappa shape index (κ2) is 14.7. The van der Waals surface area contributed by atoms with E-state index in [2.05, 4.69) is 130 Å². The zero-order valence-corrected chi connectivity index (χ0v) is 34.5. The number of phenolic OH excluding ortho intramolecular Hbond substituents is 1.